The number of phosphoric acid groups is 2. The molecule has 108 heavy (non-hydrogen) atoms. The second-order valence-electron chi connectivity index (χ2n) is 33.2. The third kappa shape index (κ3) is 80.7. The highest BCUT2D eigenvalue weighted by Gasteiger charge is 2.31. The Labute approximate surface area is 664 Å². The molecule has 0 amide bonds. The van der Waals surface area contributed by atoms with Crippen molar-refractivity contribution in [2.45, 2.75) is 491 Å². The highest BCUT2D eigenvalue weighted by atomic mass is 31.2. The van der Waals surface area contributed by atoms with Gasteiger partial charge in [0, 0.05) is 25.7 Å². The Balaban J connectivity index is 5.24. The van der Waals surface area contributed by atoms with Crippen molar-refractivity contribution in [2.24, 2.45) is 17.8 Å². The van der Waals surface area contributed by atoms with Crippen LogP contribution in [-0.2, 0) is 65.4 Å². The summed E-state index contributed by atoms with van der Waals surface area (Å²) in [5.41, 5.74) is 0. The molecule has 3 unspecified atom stereocenters. The van der Waals surface area contributed by atoms with Crippen LogP contribution in [0.2, 0.25) is 0 Å². The van der Waals surface area contributed by atoms with Crippen molar-refractivity contribution in [1.82, 2.24) is 0 Å². The zero-order valence-corrected chi connectivity index (χ0v) is 73.1. The Morgan fingerprint density at radius 1 is 0.269 bits per heavy atom. The van der Waals surface area contributed by atoms with Crippen LogP contribution in [-0.4, -0.2) is 96.7 Å². The van der Waals surface area contributed by atoms with Crippen LogP contribution < -0.4 is 0 Å². The number of aliphatic hydroxyl groups excluding tert-OH is 1. The number of aliphatic hydroxyl groups is 1. The molecule has 642 valence electrons. The van der Waals surface area contributed by atoms with E-state index in [1.54, 1.807) is 0 Å². The van der Waals surface area contributed by atoms with Crippen molar-refractivity contribution < 1.29 is 80.2 Å². The number of ether oxygens (including phenoxy) is 4. The first kappa shape index (κ1) is 106. The van der Waals surface area contributed by atoms with Crippen LogP contribution in [0.1, 0.15) is 472 Å². The van der Waals surface area contributed by atoms with Gasteiger partial charge in [-0.05, 0) is 43.4 Å². The molecule has 0 aliphatic heterocycles. The quantitative estimate of drug-likeness (QED) is 0.0222. The summed E-state index contributed by atoms with van der Waals surface area (Å²) >= 11 is 0. The number of hydrogen-bond donors (Lipinski definition) is 3. The fraction of sp³-hybridized carbons (Fsp3) is 0.955. The molecule has 3 N–H and O–H groups in total. The van der Waals surface area contributed by atoms with Gasteiger partial charge in [0.25, 0.3) is 0 Å². The molecule has 0 aliphatic rings. The van der Waals surface area contributed by atoms with E-state index in [2.05, 4.69) is 48.5 Å². The monoisotopic (exact) mass is 1580 g/mol. The van der Waals surface area contributed by atoms with E-state index in [0.29, 0.717) is 25.7 Å². The summed E-state index contributed by atoms with van der Waals surface area (Å²) in [6.07, 6.45) is 70.9. The maximum atomic E-state index is 13.2. The van der Waals surface area contributed by atoms with Gasteiger partial charge in [0.1, 0.15) is 19.3 Å². The SMILES string of the molecule is CCCCCCCCCCCCCCCCCCCCCC(=O)OC[C@H](COP(=O)(O)OC[C@@H](O)COP(=O)(O)OC[C@@H](COC(=O)CCCCCCCCCCC(C)C)OC(=O)CCCCCCCCCCCCCCCC(C)C)OC(=O)CCCCCCCCCCCCCCCCCCCCC(C)CC. The van der Waals surface area contributed by atoms with Crippen LogP contribution in [0.3, 0.4) is 0 Å². The van der Waals surface area contributed by atoms with Crippen LogP contribution in [0.4, 0.5) is 0 Å². The van der Waals surface area contributed by atoms with Gasteiger partial charge in [0.2, 0.25) is 0 Å². The van der Waals surface area contributed by atoms with Gasteiger partial charge in [0.05, 0.1) is 26.4 Å². The van der Waals surface area contributed by atoms with Gasteiger partial charge < -0.3 is 33.8 Å². The molecule has 0 saturated carbocycles. The van der Waals surface area contributed by atoms with E-state index in [-0.39, 0.29) is 25.7 Å². The second kappa shape index (κ2) is 78.9. The summed E-state index contributed by atoms with van der Waals surface area (Å²) < 4.78 is 69.0. The number of unbranched alkanes of at least 4 members (excludes halogenated alkanes) is 54. The van der Waals surface area contributed by atoms with Gasteiger partial charge in [-0.3, -0.25) is 37.3 Å². The minimum absolute atomic E-state index is 0.107. The lowest BCUT2D eigenvalue weighted by molar-refractivity contribution is -0.161. The van der Waals surface area contributed by atoms with E-state index in [0.717, 1.165) is 108 Å². The van der Waals surface area contributed by atoms with E-state index in [4.69, 9.17) is 37.0 Å². The number of rotatable bonds is 87. The lowest BCUT2D eigenvalue weighted by Gasteiger charge is -2.21. The fourth-order valence-corrected chi connectivity index (χ4v) is 15.4. The molecular weight excluding hydrogens is 1400 g/mol. The molecule has 0 aromatic carbocycles. The summed E-state index contributed by atoms with van der Waals surface area (Å²) in [6, 6.07) is 0. The van der Waals surface area contributed by atoms with Crippen molar-refractivity contribution in [1.29, 1.82) is 0 Å². The first-order valence-electron chi connectivity index (χ1n) is 45.9. The third-order valence-corrected chi connectivity index (χ3v) is 23.1. The molecule has 0 spiro atoms. The Morgan fingerprint density at radius 2 is 0.472 bits per heavy atom. The molecule has 6 atom stereocenters. The van der Waals surface area contributed by atoms with Crippen molar-refractivity contribution in [3.05, 3.63) is 0 Å². The largest absolute Gasteiger partial charge is 0.472 e. The third-order valence-electron chi connectivity index (χ3n) is 21.2. The van der Waals surface area contributed by atoms with Crippen molar-refractivity contribution in [3.8, 4) is 0 Å². The maximum absolute atomic E-state index is 13.2. The molecule has 0 aromatic rings. The lowest BCUT2D eigenvalue weighted by Crippen LogP contribution is -2.30. The van der Waals surface area contributed by atoms with E-state index < -0.39 is 97.5 Å². The van der Waals surface area contributed by atoms with Gasteiger partial charge >= 0.3 is 39.5 Å². The van der Waals surface area contributed by atoms with E-state index in [1.165, 1.54) is 283 Å². The second-order valence-corrected chi connectivity index (χ2v) is 36.1. The topological polar surface area (TPSA) is 237 Å². The fourth-order valence-electron chi connectivity index (χ4n) is 13.9. The molecule has 0 bridgehead atoms. The average Bonchev–Trinajstić information content (AvgIpc) is 0.912. The first-order valence-corrected chi connectivity index (χ1v) is 48.9. The van der Waals surface area contributed by atoms with E-state index in [9.17, 15) is 43.2 Å². The van der Waals surface area contributed by atoms with Gasteiger partial charge in [-0.1, -0.05) is 421 Å². The maximum Gasteiger partial charge on any atom is 0.472 e. The number of carbonyl (C=O) groups is 4. The van der Waals surface area contributed by atoms with Gasteiger partial charge in [0.15, 0.2) is 12.2 Å². The van der Waals surface area contributed by atoms with Crippen LogP contribution in [0.25, 0.3) is 0 Å². The molecule has 0 rings (SSSR count). The number of carbonyl (C=O) groups excluding carboxylic acids is 4. The molecule has 0 aromatic heterocycles. The zero-order chi connectivity index (χ0) is 79.3. The Hall–Kier alpha value is -1.94. The Bertz CT molecular complexity index is 2080. The van der Waals surface area contributed by atoms with Crippen molar-refractivity contribution >= 4 is 39.5 Å². The van der Waals surface area contributed by atoms with E-state index >= 15 is 0 Å². The molecule has 17 nitrogen and oxygen atoms in total. The van der Waals surface area contributed by atoms with Crippen LogP contribution in [0.15, 0.2) is 0 Å². The Morgan fingerprint density at radius 3 is 0.704 bits per heavy atom. The highest BCUT2D eigenvalue weighted by molar-refractivity contribution is 7.47. The minimum atomic E-state index is -4.97. The summed E-state index contributed by atoms with van der Waals surface area (Å²) in [6.45, 7) is 12.0. The predicted octanol–water partition coefficient (Wildman–Crippen LogP) is 27.3. The molecule has 0 fully saturated rings. The van der Waals surface area contributed by atoms with Gasteiger partial charge in [-0.15, -0.1) is 0 Å². The first-order chi connectivity index (χ1) is 52.3. The van der Waals surface area contributed by atoms with Crippen LogP contribution >= 0.6 is 15.6 Å². The predicted molar refractivity (Wildman–Crippen MR) is 446 cm³/mol. The van der Waals surface area contributed by atoms with Crippen LogP contribution in [0.5, 0.6) is 0 Å². The minimum Gasteiger partial charge on any atom is -0.462 e. The van der Waals surface area contributed by atoms with Crippen molar-refractivity contribution in [2.75, 3.05) is 39.6 Å². The number of hydrogen-bond acceptors (Lipinski definition) is 15. The summed E-state index contributed by atoms with van der Waals surface area (Å²) in [5, 5.41) is 10.7. The number of phosphoric ester groups is 2. The molecule has 0 heterocycles. The lowest BCUT2D eigenvalue weighted by atomic mass is 9.99. The average molecular weight is 1580 g/mol. The molecule has 0 aliphatic carbocycles. The molecule has 0 radical (unpaired) electrons. The highest BCUT2D eigenvalue weighted by Crippen LogP contribution is 2.45. The molecular formula is C89H174O17P2. The number of esters is 4. The van der Waals surface area contributed by atoms with Crippen molar-refractivity contribution in [3.63, 3.8) is 0 Å². The summed E-state index contributed by atoms with van der Waals surface area (Å²) in [4.78, 5) is 73.3. The normalized spacial score (nSPS) is 14.1. The summed E-state index contributed by atoms with van der Waals surface area (Å²) in [7, 11) is -9.93. The van der Waals surface area contributed by atoms with Crippen LogP contribution in [0, 0.1) is 17.8 Å². The summed E-state index contributed by atoms with van der Waals surface area (Å²) in [5.74, 6) is 0.282. The standard InChI is InChI=1S/C89H174O17P2/c1-8-10-11-12-13-14-15-16-17-18-19-23-26-31-36-41-49-56-63-70-86(91)99-76-84(105-88(93)72-65-58-51-42-37-32-27-24-21-20-22-25-30-35-40-48-55-62-69-82(7)9-2)78-103-107(95,96)101-74-83(90)75-102-108(97,98)104-79-85(77-100-87(92)71-64-57-50-45-44-47-54-61-68-81(5)6)106-89(94)73-66-59-52-43-38-33-28-29-34-39-46-53-60-67-80(3)4/h80-85,90H,8-79H2,1-7H3,(H,95,96)(H,97,98)/t82?,83-,84-,85-/m1/s1. The Kier molecular flexibility index (Phi) is 77.5. The molecule has 0 saturated heterocycles. The van der Waals surface area contributed by atoms with E-state index in [1.807, 2.05) is 0 Å². The van der Waals surface area contributed by atoms with Gasteiger partial charge in [-0.25, -0.2) is 9.13 Å². The smallest absolute Gasteiger partial charge is 0.462 e. The van der Waals surface area contributed by atoms with Gasteiger partial charge in [-0.2, -0.15) is 0 Å². The zero-order valence-electron chi connectivity index (χ0n) is 71.3. The molecule has 19 heteroatoms.